The maximum atomic E-state index is 12.0. The van der Waals surface area contributed by atoms with Crippen LogP contribution in [0.2, 0.25) is 0 Å². The Morgan fingerprint density at radius 1 is 1.24 bits per heavy atom. The minimum absolute atomic E-state index is 0.0795. The second-order valence-corrected chi connectivity index (χ2v) is 5.79. The summed E-state index contributed by atoms with van der Waals surface area (Å²) in [4.78, 5) is 14.0. The Morgan fingerprint density at radius 2 is 1.94 bits per heavy atom. The Hall–Kier alpha value is -0.570. The van der Waals surface area contributed by atoms with Crippen LogP contribution in [0.25, 0.3) is 0 Å². The molecule has 0 atom stereocenters. The van der Waals surface area contributed by atoms with E-state index in [0.717, 1.165) is 32.5 Å². The molecule has 1 fully saturated rings. The molecule has 0 radical (unpaired) electrons. The number of unbranched alkanes of at least 4 members (excludes halogenated alkanes) is 4. The van der Waals surface area contributed by atoms with Crippen LogP contribution in [0, 0.1) is 0 Å². The number of nitrogens with zero attached hydrogens (tertiary/aromatic N) is 1. The molecule has 100 valence electrons. The molecule has 0 aromatic carbocycles. The molecule has 0 aromatic rings. The first-order valence-electron chi connectivity index (χ1n) is 7.08. The summed E-state index contributed by atoms with van der Waals surface area (Å²) in [6.07, 6.45) is 6.84. The number of hydrogen-bond donors (Lipinski definition) is 1. The van der Waals surface area contributed by atoms with E-state index in [1.807, 2.05) is 4.90 Å². The van der Waals surface area contributed by atoms with Crippen LogP contribution in [0.15, 0.2) is 0 Å². The molecule has 1 amide bonds. The van der Waals surface area contributed by atoms with Crippen molar-refractivity contribution in [3.05, 3.63) is 0 Å². The number of nitrogens with one attached hydrogen (secondary N) is 1. The van der Waals surface area contributed by atoms with Gasteiger partial charge in [-0.1, -0.05) is 32.6 Å². The predicted molar refractivity (Wildman–Crippen MR) is 72.0 cm³/mol. The van der Waals surface area contributed by atoms with Gasteiger partial charge in [0.15, 0.2) is 0 Å². The Morgan fingerprint density at radius 3 is 2.59 bits per heavy atom. The zero-order chi connectivity index (χ0) is 12.7. The van der Waals surface area contributed by atoms with E-state index >= 15 is 0 Å². The highest BCUT2D eigenvalue weighted by atomic mass is 16.2. The largest absolute Gasteiger partial charge is 0.340 e. The highest BCUT2D eigenvalue weighted by Crippen LogP contribution is 2.13. The van der Waals surface area contributed by atoms with Crippen LogP contribution in [-0.4, -0.2) is 36.0 Å². The Bertz CT molecular complexity index is 238. The van der Waals surface area contributed by atoms with Gasteiger partial charge in [-0.2, -0.15) is 0 Å². The third-order valence-corrected chi connectivity index (χ3v) is 3.42. The van der Waals surface area contributed by atoms with Crippen LogP contribution in [0.3, 0.4) is 0 Å². The fourth-order valence-electron chi connectivity index (χ4n) is 2.39. The maximum absolute atomic E-state index is 12.0. The van der Waals surface area contributed by atoms with Crippen LogP contribution >= 0.6 is 0 Å². The first kappa shape index (κ1) is 14.5. The molecule has 1 aliphatic rings. The van der Waals surface area contributed by atoms with Gasteiger partial charge in [0.25, 0.3) is 0 Å². The number of carbonyl (C=O) groups excluding carboxylic acids is 1. The summed E-state index contributed by atoms with van der Waals surface area (Å²) < 4.78 is 0. The normalized spacial score (nSPS) is 19.4. The van der Waals surface area contributed by atoms with E-state index in [0.29, 0.717) is 5.91 Å². The van der Waals surface area contributed by atoms with Gasteiger partial charge in [-0.05, 0) is 20.3 Å². The summed E-state index contributed by atoms with van der Waals surface area (Å²) in [7, 11) is 0. The topological polar surface area (TPSA) is 32.3 Å². The van der Waals surface area contributed by atoms with E-state index in [1.165, 1.54) is 25.7 Å². The standard InChI is InChI=1S/C14H28N2O/c1-4-5-6-7-8-9-13(17)16-11-10-15-14(2,3)12-16/h15H,4-12H2,1-3H3. The zero-order valence-electron chi connectivity index (χ0n) is 11.7. The summed E-state index contributed by atoms with van der Waals surface area (Å²) in [6, 6.07) is 0. The molecule has 1 N–H and O–H groups in total. The van der Waals surface area contributed by atoms with Gasteiger partial charge in [-0.25, -0.2) is 0 Å². The molecule has 1 rings (SSSR count). The Balaban J connectivity index is 2.18. The van der Waals surface area contributed by atoms with E-state index in [4.69, 9.17) is 0 Å². The molecule has 1 heterocycles. The van der Waals surface area contributed by atoms with Crippen molar-refractivity contribution in [3.8, 4) is 0 Å². The van der Waals surface area contributed by atoms with Crippen molar-refractivity contribution in [2.75, 3.05) is 19.6 Å². The van der Waals surface area contributed by atoms with E-state index in [-0.39, 0.29) is 5.54 Å². The number of rotatable bonds is 6. The first-order chi connectivity index (χ1) is 8.05. The molecule has 17 heavy (non-hydrogen) atoms. The van der Waals surface area contributed by atoms with Gasteiger partial charge in [0.05, 0.1) is 0 Å². The average Bonchev–Trinajstić information content (AvgIpc) is 2.27. The van der Waals surface area contributed by atoms with Crippen LogP contribution in [0.4, 0.5) is 0 Å². The molecular formula is C14H28N2O. The van der Waals surface area contributed by atoms with E-state index < -0.39 is 0 Å². The van der Waals surface area contributed by atoms with Crippen molar-refractivity contribution in [2.24, 2.45) is 0 Å². The molecule has 0 bridgehead atoms. The summed E-state index contributed by atoms with van der Waals surface area (Å²) in [5, 5.41) is 3.43. The molecule has 3 heteroatoms. The second-order valence-electron chi connectivity index (χ2n) is 5.79. The zero-order valence-corrected chi connectivity index (χ0v) is 11.7. The van der Waals surface area contributed by atoms with Crippen LogP contribution in [0.5, 0.6) is 0 Å². The van der Waals surface area contributed by atoms with Gasteiger partial charge in [0.1, 0.15) is 0 Å². The van der Waals surface area contributed by atoms with Crippen molar-refractivity contribution < 1.29 is 4.79 Å². The average molecular weight is 240 g/mol. The van der Waals surface area contributed by atoms with Gasteiger partial charge in [-0.15, -0.1) is 0 Å². The van der Waals surface area contributed by atoms with Gasteiger partial charge >= 0.3 is 0 Å². The molecule has 0 aliphatic carbocycles. The summed E-state index contributed by atoms with van der Waals surface area (Å²) in [6.45, 7) is 9.18. The molecule has 0 saturated carbocycles. The van der Waals surface area contributed by atoms with Gasteiger partial charge < -0.3 is 10.2 Å². The fourth-order valence-corrected chi connectivity index (χ4v) is 2.39. The number of hydrogen-bond acceptors (Lipinski definition) is 2. The van der Waals surface area contributed by atoms with Crippen molar-refractivity contribution in [1.29, 1.82) is 0 Å². The molecule has 0 unspecified atom stereocenters. The molecule has 1 saturated heterocycles. The van der Waals surface area contributed by atoms with E-state index in [9.17, 15) is 4.79 Å². The maximum Gasteiger partial charge on any atom is 0.222 e. The molecule has 0 spiro atoms. The smallest absolute Gasteiger partial charge is 0.222 e. The van der Waals surface area contributed by atoms with Crippen molar-refractivity contribution in [2.45, 2.75) is 64.8 Å². The Labute approximate surface area is 106 Å². The number of amides is 1. The van der Waals surface area contributed by atoms with Gasteiger partial charge in [0.2, 0.25) is 5.91 Å². The molecular weight excluding hydrogens is 212 g/mol. The van der Waals surface area contributed by atoms with Crippen molar-refractivity contribution in [1.82, 2.24) is 10.2 Å². The number of carbonyl (C=O) groups is 1. The van der Waals surface area contributed by atoms with Crippen LogP contribution in [-0.2, 0) is 4.79 Å². The highest BCUT2D eigenvalue weighted by molar-refractivity contribution is 5.76. The summed E-state index contributed by atoms with van der Waals surface area (Å²) in [5.41, 5.74) is 0.0795. The lowest BCUT2D eigenvalue weighted by Gasteiger charge is -2.39. The minimum atomic E-state index is 0.0795. The predicted octanol–water partition coefficient (Wildman–Crippen LogP) is 2.56. The number of piperazine rings is 1. The second kappa shape index (κ2) is 7.00. The van der Waals surface area contributed by atoms with Crippen molar-refractivity contribution in [3.63, 3.8) is 0 Å². The van der Waals surface area contributed by atoms with Crippen molar-refractivity contribution >= 4 is 5.91 Å². The molecule has 1 aliphatic heterocycles. The van der Waals surface area contributed by atoms with Gasteiger partial charge in [-0.3, -0.25) is 4.79 Å². The summed E-state index contributed by atoms with van der Waals surface area (Å²) >= 11 is 0. The monoisotopic (exact) mass is 240 g/mol. The fraction of sp³-hybridized carbons (Fsp3) is 0.929. The SMILES string of the molecule is CCCCCCCC(=O)N1CCNC(C)(C)C1. The van der Waals surface area contributed by atoms with E-state index in [2.05, 4.69) is 26.1 Å². The Kier molecular flexibility index (Phi) is 5.96. The van der Waals surface area contributed by atoms with Crippen LogP contribution in [0.1, 0.15) is 59.3 Å². The van der Waals surface area contributed by atoms with Crippen LogP contribution < -0.4 is 5.32 Å². The third-order valence-electron chi connectivity index (χ3n) is 3.42. The molecule has 0 aromatic heterocycles. The summed E-state index contributed by atoms with van der Waals surface area (Å²) in [5.74, 6) is 0.344. The van der Waals surface area contributed by atoms with E-state index in [1.54, 1.807) is 0 Å². The highest BCUT2D eigenvalue weighted by Gasteiger charge is 2.27. The molecule has 3 nitrogen and oxygen atoms in total. The lowest BCUT2D eigenvalue weighted by Crippen LogP contribution is -2.58. The first-order valence-corrected chi connectivity index (χ1v) is 7.08. The minimum Gasteiger partial charge on any atom is -0.340 e. The van der Waals surface area contributed by atoms with Gasteiger partial charge in [0, 0.05) is 31.6 Å². The lowest BCUT2D eigenvalue weighted by molar-refractivity contribution is -0.133. The lowest BCUT2D eigenvalue weighted by atomic mass is 10.0. The third kappa shape index (κ3) is 5.53. The quantitative estimate of drug-likeness (QED) is 0.724.